The molecule has 0 spiro atoms. The molecule has 0 unspecified atom stereocenters. The number of carbonyl (C=O) groups excluding carboxylic acids is 1. The number of fused-ring (bicyclic) bond motifs is 1. The van der Waals surface area contributed by atoms with Crippen molar-refractivity contribution in [1.82, 2.24) is 10.2 Å². The summed E-state index contributed by atoms with van der Waals surface area (Å²) in [5.41, 5.74) is 1.02. The molecule has 1 aromatic rings. The van der Waals surface area contributed by atoms with Gasteiger partial charge >= 0.3 is 0 Å². The van der Waals surface area contributed by atoms with Gasteiger partial charge in [-0.25, -0.2) is 0 Å². The van der Waals surface area contributed by atoms with Gasteiger partial charge in [0.15, 0.2) is 6.79 Å². The fourth-order valence-electron chi connectivity index (χ4n) is 3.11. The van der Waals surface area contributed by atoms with Crippen LogP contribution in [0.2, 0.25) is 0 Å². The molecule has 1 aliphatic rings. The number of hydrogen-bond donors (Lipinski definition) is 1. The van der Waals surface area contributed by atoms with Crippen LogP contribution >= 0.6 is 0 Å². The van der Waals surface area contributed by atoms with Crippen molar-refractivity contribution in [3.63, 3.8) is 0 Å². The van der Waals surface area contributed by atoms with Crippen molar-refractivity contribution in [1.29, 1.82) is 0 Å². The van der Waals surface area contributed by atoms with Crippen molar-refractivity contribution in [2.45, 2.75) is 46.4 Å². The van der Waals surface area contributed by atoms with Crippen molar-refractivity contribution in [2.24, 2.45) is 0 Å². The Labute approximate surface area is 159 Å². The van der Waals surface area contributed by atoms with Gasteiger partial charge in [0, 0.05) is 54.5 Å². The summed E-state index contributed by atoms with van der Waals surface area (Å²) in [5, 5.41) is 14.0. The van der Waals surface area contributed by atoms with Gasteiger partial charge in [-0.05, 0) is 33.8 Å². The Hall–Kier alpha value is -2.45. The third kappa shape index (κ3) is 5.77. The topological polar surface area (TPSA) is 93.9 Å². The normalized spacial score (nSPS) is 13.9. The summed E-state index contributed by atoms with van der Waals surface area (Å²) in [6, 6.07) is 3.62. The van der Waals surface area contributed by atoms with Crippen molar-refractivity contribution in [3.05, 3.63) is 39.4 Å². The van der Waals surface area contributed by atoms with Crippen molar-refractivity contribution in [2.75, 3.05) is 19.9 Å². The third-order valence-electron chi connectivity index (χ3n) is 4.34. The molecule has 1 aliphatic heterocycles. The minimum atomic E-state index is -0.473. The molecule has 0 fully saturated rings. The summed E-state index contributed by atoms with van der Waals surface area (Å²) < 4.78 is 10.6. The monoisotopic (exact) mass is 377 g/mol. The lowest BCUT2D eigenvalue weighted by molar-refractivity contribution is -0.385. The number of amides is 1. The Bertz CT molecular complexity index is 708. The highest BCUT2D eigenvalue weighted by Gasteiger charge is 2.20. The molecule has 1 amide bonds. The zero-order valence-corrected chi connectivity index (χ0v) is 16.2. The Morgan fingerprint density at radius 3 is 2.67 bits per heavy atom. The van der Waals surface area contributed by atoms with E-state index in [9.17, 15) is 14.9 Å². The number of nitrogens with one attached hydrogen (secondary N) is 1. The molecule has 0 atom stereocenters. The van der Waals surface area contributed by atoms with Crippen LogP contribution in [0.3, 0.4) is 0 Å². The van der Waals surface area contributed by atoms with E-state index in [0.717, 1.165) is 6.54 Å². The number of ether oxygens (including phenoxy) is 2. The minimum Gasteiger partial charge on any atom is -0.467 e. The maximum absolute atomic E-state index is 12.1. The molecular formula is C19H27N3O5. The van der Waals surface area contributed by atoms with E-state index in [-0.39, 0.29) is 25.0 Å². The van der Waals surface area contributed by atoms with E-state index in [1.54, 1.807) is 0 Å². The molecular weight excluding hydrogens is 350 g/mol. The van der Waals surface area contributed by atoms with Crippen LogP contribution in [0.5, 0.6) is 5.75 Å². The van der Waals surface area contributed by atoms with Gasteiger partial charge in [0.1, 0.15) is 5.75 Å². The van der Waals surface area contributed by atoms with E-state index in [1.165, 1.54) is 24.3 Å². The molecule has 8 nitrogen and oxygen atoms in total. The number of benzene rings is 1. The lowest BCUT2D eigenvalue weighted by Crippen LogP contribution is -2.42. The summed E-state index contributed by atoms with van der Waals surface area (Å²) in [6.45, 7) is 10.1. The molecule has 1 N–H and O–H groups in total. The van der Waals surface area contributed by atoms with E-state index in [2.05, 4.69) is 37.9 Å². The maximum atomic E-state index is 12.1. The maximum Gasteiger partial charge on any atom is 0.270 e. The fourth-order valence-corrected chi connectivity index (χ4v) is 3.11. The molecule has 0 radical (unpaired) electrons. The second-order valence-corrected chi connectivity index (χ2v) is 6.94. The molecule has 1 heterocycles. The first-order valence-electron chi connectivity index (χ1n) is 9.03. The van der Waals surface area contributed by atoms with Crippen LogP contribution in [-0.2, 0) is 16.1 Å². The SMILES string of the molecule is CC(C)N(CCNC(=O)/C=C/c1cc([N+](=O)[O-])cc2c1OCOC2)C(C)C. The summed E-state index contributed by atoms with van der Waals surface area (Å²) in [6.07, 6.45) is 2.91. The third-order valence-corrected chi connectivity index (χ3v) is 4.34. The number of nitro benzene ring substituents is 1. The molecule has 0 aliphatic carbocycles. The number of non-ortho nitro benzene ring substituents is 1. The smallest absolute Gasteiger partial charge is 0.270 e. The van der Waals surface area contributed by atoms with Gasteiger partial charge in [-0.2, -0.15) is 0 Å². The molecule has 2 rings (SSSR count). The highest BCUT2D eigenvalue weighted by atomic mass is 16.7. The number of hydrogen-bond acceptors (Lipinski definition) is 6. The summed E-state index contributed by atoms with van der Waals surface area (Å²) in [7, 11) is 0. The van der Waals surface area contributed by atoms with Gasteiger partial charge in [-0.1, -0.05) is 0 Å². The van der Waals surface area contributed by atoms with Gasteiger partial charge in [-0.15, -0.1) is 0 Å². The predicted octanol–water partition coefficient (Wildman–Crippen LogP) is 2.71. The standard InChI is InChI=1S/C19H27N3O5/c1-13(2)21(14(3)4)8-7-20-18(23)6-5-15-9-17(22(24)25)10-16-11-26-12-27-19(15)16/h5-6,9-10,13-14H,7-8,11-12H2,1-4H3,(H,20,23)/b6-5+. The van der Waals surface area contributed by atoms with Gasteiger partial charge < -0.3 is 14.8 Å². The van der Waals surface area contributed by atoms with Crippen LogP contribution in [0.1, 0.15) is 38.8 Å². The van der Waals surface area contributed by atoms with Gasteiger partial charge in [0.25, 0.3) is 5.69 Å². The minimum absolute atomic E-state index is 0.0626. The summed E-state index contributed by atoms with van der Waals surface area (Å²) in [4.78, 5) is 25.0. The first-order valence-corrected chi connectivity index (χ1v) is 9.03. The number of nitrogens with zero attached hydrogens (tertiary/aromatic N) is 2. The van der Waals surface area contributed by atoms with Gasteiger partial charge in [-0.3, -0.25) is 19.8 Å². The van der Waals surface area contributed by atoms with Crippen molar-refractivity contribution < 1.29 is 19.2 Å². The van der Waals surface area contributed by atoms with E-state index < -0.39 is 4.92 Å². The molecule has 27 heavy (non-hydrogen) atoms. The number of rotatable bonds is 8. The lowest BCUT2D eigenvalue weighted by Gasteiger charge is -2.30. The Balaban J connectivity index is 2.03. The summed E-state index contributed by atoms with van der Waals surface area (Å²) in [5.74, 6) is 0.261. The highest BCUT2D eigenvalue weighted by molar-refractivity contribution is 5.92. The van der Waals surface area contributed by atoms with Crippen LogP contribution in [0, 0.1) is 10.1 Å². The molecule has 1 aromatic carbocycles. The number of carbonyl (C=O) groups is 1. The molecule has 0 bridgehead atoms. The molecule has 0 aromatic heterocycles. The summed E-state index contributed by atoms with van der Waals surface area (Å²) >= 11 is 0. The van der Waals surface area contributed by atoms with E-state index >= 15 is 0 Å². The van der Waals surface area contributed by atoms with Gasteiger partial charge in [0.05, 0.1) is 11.5 Å². The van der Waals surface area contributed by atoms with Crippen molar-refractivity contribution in [3.8, 4) is 5.75 Å². The quantitative estimate of drug-likeness (QED) is 0.425. The van der Waals surface area contributed by atoms with Crippen LogP contribution in [-0.4, -0.2) is 47.7 Å². The zero-order chi connectivity index (χ0) is 20.0. The fraction of sp³-hybridized carbons (Fsp3) is 0.526. The average molecular weight is 377 g/mol. The van der Waals surface area contributed by atoms with E-state index in [0.29, 0.717) is 35.5 Å². The molecule has 0 saturated carbocycles. The van der Waals surface area contributed by atoms with Gasteiger partial charge in [0.2, 0.25) is 5.91 Å². The zero-order valence-electron chi connectivity index (χ0n) is 16.2. The molecule has 148 valence electrons. The van der Waals surface area contributed by atoms with E-state index in [1.807, 2.05) is 0 Å². The molecule has 8 heteroatoms. The number of nitro groups is 1. The first kappa shape index (κ1) is 20.9. The van der Waals surface area contributed by atoms with Crippen LogP contribution in [0.15, 0.2) is 18.2 Å². The first-order chi connectivity index (χ1) is 12.8. The Morgan fingerprint density at radius 2 is 2.04 bits per heavy atom. The molecule has 0 saturated heterocycles. The van der Waals surface area contributed by atoms with Crippen molar-refractivity contribution >= 4 is 17.7 Å². The van der Waals surface area contributed by atoms with Crippen LogP contribution in [0.4, 0.5) is 5.69 Å². The predicted molar refractivity (Wildman–Crippen MR) is 102 cm³/mol. The average Bonchev–Trinajstić information content (AvgIpc) is 2.62. The largest absolute Gasteiger partial charge is 0.467 e. The second-order valence-electron chi connectivity index (χ2n) is 6.94. The van der Waals surface area contributed by atoms with Crippen LogP contribution < -0.4 is 10.1 Å². The second kappa shape index (κ2) is 9.48. The van der Waals surface area contributed by atoms with E-state index in [4.69, 9.17) is 9.47 Å². The Kier molecular flexibility index (Phi) is 7.32. The van der Waals surface area contributed by atoms with Crippen LogP contribution in [0.25, 0.3) is 6.08 Å². The highest BCUT2D eigenvalue weighted by Crippen LogP contribution is 2.33. The Morgan fingerprint density at radius 1 is 1.33 bits per heavy atom. The lowest BCUT2D eigenvalue weighted by atomic mass is 10.1.